The van der Waals surface area contributed by atoms with Crippen LogP contribution in [0.3, 0.4) is 0 Å². The molecular weight excluding hydrogens is 298 g/mol. The van der Waals surface area contributed by atoms with Crippen molar-refractivity contribution >= 4 is 17.5 Å². The lowest BCUT2D eigenvalue weighted by molar-refractivity contribution is -0.137. The number of hydrogen-bond acceptors (Lipinski definition) is 2. The van der Waals surface area contributed by atoms with E-state index in [0.717, 1.165) is 11.1 Å². The van der Waals surface area contributed by atoms with Gasteiger partial charge in [0.05, 0.1) is 0 Å². The van der Waals surface area contributed by atoms with E-state index in [4.69, 9.17) is 16.3 Å². The maximum absolute atomic E-state index is 12.4. The summed E-state index contributed by atoms with van der Waals surface area (Å²) in [6.45, 7) is 4.30. The Morgan fingerprint density at radius 3 is 2.32 bits per heavy atom. The van der Waals surface area contributed by atoms with Crippen LogP contribution in [0.2, 0.25) is 5.02 Å². The van der Waals surface area contributed by atoms with Gasteiger partial charge in [0.25, 0.3) is 5.91 Å². The average molecular weight is 318 g/mol. The van der Waals surface area contributed by atoms with Gasteiger partial charge in [0.2, 0.25) is 0 Å². The molecule has 2 aromatic carbocycles. The summed E-state index contributed by atoms with van der Waals surface area (Å²) < 4.78 is 5.70. The number of benzene rings is 2. The summed E-state index contributed by atoms with van der Waals surface area (Å²) in [4.78, 5) is 14.0. The summed E-state index contributed by atoms with van der Waals surface area (Å²) in [5.41, 5.74) is 2.19. The van der Waals surface area contributed by atoms with Crippen LogP contribution < -0.4 is 4.74 Å². The summed E-state index contributed by atoms with van der Waals surface area (Å²) in [7, 11) is 1.77. The van der Waals surface area contributed by atoms with Crippen molar-refractivity contribution in [3.8, 4) is 5.75 Å². The van der Waals surface area contributed by atoms with E-state index in [2.05, 4.69) is 0 Å². The maximum atomic E-state index is 12.4. The number of amides is 1. The van der Waals surface area contributed by atoms with Crippen molar-refractivity contribution in [1.82, 2.24) is 4.90 Å². The molecule has 2 rings (SSSR count). The number of nitrogens with zero attached hydrogens (tertiary/aromatic N) is 1. The molecule has 0 fully saturated rings. The third-order valence-electron chi connectivity index (χ3n) is 3.39. The minimum atomic E-state index is -0.528. The zero-order valence-electron chi connectivity index (χ0n) is 13.0. The molecule has 0 aromatic heterocycles. The number of rotatable bonds is 5. The van der Waals surface area contributed by atoms with Crippen LogP contribution in [0, 0.1) is 6.92 Å². The highest BCUT2D eigenvalue weighted by Gasteiger charge is 2.19. The first kappa shape index (κ1) is 16.4. The van der Waals surface area contributed by atoms with Crippen LogP contribution in [-0.4, -0.2) is 24.0 Å². The van der Waals surface area contributed by atoms with E-state index in [-0.39, 0.29) is 5.91 Å². The van der Waals surface area contributed by atoms with Gasteiger partial charge in [-0.3, -0.25) is 4.79 Å². The molecular formula is C18H20ClNO2. The fourth-order valence-corrected chi connectivity index (χ4v) is 2.25. The minimum absolute atomic E-state index is 0.0597. The molecule has 1 amide bonds. The molecule has 0 bridgehead atoms. The molecule has 22 heavy (non-hydrogen) atoms. The maximum Gasteiger partial charge on any atom is 0.263 e. The van der Waals surface area contributed by atoms with Crippen LogP contribution in [0.4, 0.5) is 0 Å². The van der Waals surface area contributed by atoms with Gasteiger partial charge in [-0.25, -0.2) is 0 Å². The molecule has 2 aromatic rings. The van der Waals surface area contributed by atoms with E-state index in [9.17, 15) is 4.79 Å². The van der Waals surface area contributed by atoms with Gasteiger partial charge in [-0.05, 0) is 43.7 Å². The Labute approximate surface area is 136 Å². The topological polar surface area (TPSA) is 29.5 Å². The standard InChI is InChI=1S/C18H20ClNO2/c1-13-4-10-17(11-5-13)22-14(2)18(21)20(3)12-15-6-8-16(19)9-7-15/h4-11,14H,12H2,1-3H3/t14-/m0/s1. The highest BCUT2D eigenvalue weighted by atomic mass is 35.5. The van der Waals surface area contributed by atoms with Gasteiger partial charge < -0.3 is 9.64 Å². The van der Waals surface area contributed by atoms with Gasteiger partial charge in [-0.2, -0.15) is 0 Å². The van der Waals surface area contributed by atoms with E-state index in [1.807, 2.05) is 55.5 Å². The molecule has 1 atom stereocenters. The van der Waals surface area contributed by atoms with Gasteiger partial charge >= 0.3 is 0 Å². The Kier molecular flexibility index (Phi) is 5.45. The Morgan fingerprint density at radius 2 is 1.73 bits per heavy atom. The Morgan fingerprint density at radius 1 is 1.14 bits per heavy atom. The molecule has 0 heterocycles. The quantitative estimate of drug-likeness (QED) is 0.831. The minimum Gasteiger partial charge on any atom is -0.481 e. The van der Waals surface area contributed by atoms with E-state index >= 15 is 0 Å². The van der Waals surface area contributed by atoms with Crippen molar-refractivity contribution in [1.29, 1.82) is 0 Å². The number of hydrogen-bond donors (Lipinski definition) is 0. The predicted molar refractivity (Wildman–Crippen MR) is 89.2 cm³/mol. The first-order valence-corrected chi connectivity index (χ1v) is 7.56. The normalized spacial score (nSPS) is 11.8. The van der Waals surface area contributed by atoms with E-state index < -0.39 is 6.10 Å². The summed E-state index contributed by atoms with van der Waals surface area (Å²) in [5.74, 6) is 0.641. The first-order chi connectivity index (χ1) is 10.5. The van der Waals surface area contributed by atoms with Gasteiger partial charge in [-0.1, -0.05) is 41.4 Å². The third kappa shape index (κ3) is 4.50. The lowest BCUT2D eigenvalue weighted by Gasteiger charge is -2.22. The predicted octanol–water partition coefficient (Wildman–Crippen LogP) is 4.07. The number of carbonyl (C=O) groups is 1. The van der Waals surface area contributed by atoms with Crippen molar-refractivity contribution in [3.05, 3.63) is 64.7 Å². The number of likely N-dealkylation sites (N-methyl/N-ethyl adjacent to an activating group) is 1. The highest BCUT2D eigenvalue weighted by molar-refractivity contribution is 6.30. The summed E-state index contributed by atoms with van der Waals surface area (Å²) in [5, 5.41) is 0.689. The van der Waals surface area contributed by atoms with E-state index in [1.54, 1.807) is 18.9 Å². The highest BCUT2D eigenvalue weighted by Crippen LogP contribution is 2.15. The van der Waals surface area contributed by atoms with Gasteiger partial charge in [0.1, 0.15) is 5.75 Å². The van der Waals surface area contributed by atoms with E-state index in [1.165, 1.54) is 0 Å². The number of aryl methyl sites for hydroxylation is 1. The molecule has 0 aliphatic heterocycles. The van der Waals surface area contributed by atoms with Crippen LogP contribution in [0.25, 0.3) is 0 Å². The lowest BCUT2D eigenvalue weighted by atomic mass is 10.2. The van der Waals surface area contributed by atoms with Crippen LogP contribution in [0.1, 0.15) is 18.1 Å². The fraction of sp³-hybridized carbons (Fsp3) is 0.278. The van der Waals surface area contributed by atoms with Gasteiger partial charge in [-0.15, -0.1) is 0 Å². The van der Waals surface area contributed by atoms with Crippen LogP contribution in [0.15, 0.2) is 48.5 Å². The molecule has 0 unspecified atom stereocenters. The van der Waals surface area contributed by atoms with Crippen molar-refractivity contribution < 1.29 is 9.53 Å². The molecule has 0 saturated carbocycles. The lowest BCUT2D eigenvalue weighted by Crippen LogP contribution is -2.37. The Bertz CT molecular complexity index is 567. The molecule has 0 saturated heterocycles. The largest absolute Gasteiger partial charge is 0.481 e. The van der Waals surface area contributed by atoms with E-state index in [0.29, 0.717) is 17.3 Å². The smallest absolute Gasteiger partial charge is 0.263 e. The molecule has 3 nitrogen and oxygen atoms in total. The van der Waals surface area contributed by atoms with Crippen LogP contribution >= 0.6 is 11.6 Å². The zero-order valence-corrected chi connectivity index (χ0v) is 13.8. The third-order valence-corrected chi connectivity index (χ3v) is 3.64. The molecule has 0 spiro atoms. The first-order valence-electron chi connectivity index (χ1n) is 7.18. The Hall–Kier alpha value is -2.00. The van der Waals surface area contributed by atoms with Crippen molar-refractivity contribution in [2.45, 2.75) is 26.5 Å². The van der Waals surface area contributed by atoms with Gasteiger partial charge in [0.15, 0.2) is 6.10 Å². The number of ether oxygens (including phenoxy) is 1. The van der Waals surface area contributed by atoms with Crippen molar-refractivity contribution in [3.63, 3.8) is 0 Å². The molecule has 0 N–H and O–H groups in total. The summed E-state index contributed by atoms with van der Waals surface area (Å²) in [6, 6.07) is 15.1. The second-order valence-corrected chi connectivity index (χ2v) is 5.83. The summed E-state index contributed by atoms with van der Waals surface area (Å²) in [6.07, 6.45) is -0.528. The van der Waals surface area contributed by atoms with Crippen LogP contribution in [0.5, 0.6) is 5.75 Å². The SMILES string of the molecule is Cc1ccc(O[C@@H](C)C(=O)N(C)Cc2ccc(Cl)cc2)cc1. The Balaban J connectivity index is 1.94. The monoisotopic (exact) mass is 317 g/mol. The fourth-order valence-electron chi connectivity index (χ4n) is 2.12. The van der Waals surface area contributed by atoms with Crippen molar-refractivity contribution in [2.24, 2.45) is 0 Å². The van der Waals surface area contributed by atoms with Crippen LogP contribution in [-0.2, 0) is 11.3 Å². The van der Waals surface area contributed by atoms with Gasteiger partial charge in [0, 0.05) is 18.6 Å². The molecule has 0 aliphatic carbocycles. The molecule has 4 heteroatoms. The number of halogens is 1. The van der Waals surface area contributed by atoms with Crippen molar-refractivity contribution in [2.75, 3.05) is 7.05 Å². The molecule has 0 aliphatic rings. The number of carbonyl (C=O) groups excluding carboxylic acids is 1. The zero-order chi connectivity index (χ0) is 16.1. The molecule has 116 valence electrons. The average Bonchev–Trinajstić information content (AvgIpc) is 2.51. The molecule has 0 radical (unpaired) electrons. The summed E-state index contributed by atoms with van der Waals surface area (Å²) >= 11 is 5.86. The second-order valence-electron chi connectivity index (χ2n) is 5.39. The second kappa shape index (κ2) is 7.32.